The lowest BCUT2D eigenvalue weighted by atomic mass is 9.82. The lowest BCUT2D eigenvalue weighted by Gasteiger charge is -2.51. The summed E-state index contributed by atoms with van der Waals surface area (Å²) in [6.07, 6.45) is 6.64. The lowest BCUT2D eigenvalue weighted by Crippen LogP contribution is -3.00. The molecule has 0 aromatic heterocycles. The number of carbonyl (C=O) groups is 1. The van der Waals surface area contributed by atoms with Crippen LogP contribution in [0, 0.1) is 5.92 Å². The Hall–Kier alpha value is 0.0800. The number of carbonyl (C=O) groups excluding carboxylic acids is 1. The normalized spacial score (nSPS) is 34.4. The van der Waals surface area contributed by atoms with Crippen LogP contribution < -0.4 is 24.0 Å². The molecule has 0 spiro atoms. The second-order valence-corrected chi connectivity index (χ2v) is 7.40. The van der Waals surface area contributed by atoms with Crippen molar-refractivity contribution in [3.05, 3.63) is 0 Å². The molecule has 0 saturated carbocycles. The summed E-state index contributed by atoms with van der Waals surface area (Å²) < 4.78 is 12.4. The van der Waals surface area contributed by atoms with Crippen molar-refractivity contribution in [3.8, 4) is 0 Å². The van der Waals surface area contributed by atoms with Crippen LogP contribution >= 0.6 is 0 Å². The first-order chi connectivity index (χ1) is 10.7. The zero-order valence-electron chi connectivity index (χ0n) is 14.3. The Balaban J connectivity index is 0.00000192. The smallest absolute Gasteiger partial charge is 0.248 e. The van der Waals surface area contributed by atoms with E-state index in [2.05, 4.69) is 7.05 Å². The number of fused-ring (bicyclic) bond motifs is 1. The number of nitrogens with zero attached hydrogens (tertiary/aromatic N) is 2. The van der Waals surface area contributed by atoms with Gasteiger partial charge in [0, 0.05) is 25.4 Å². The number of amides is 1. The van der Waals surface area contributed by atoms with Gasteiger partial charge in [-0.2, -0.15) is 0 Å². The third-order valence-corrected chi connectivity index (χ3v) is 5.93. The largest absolute Gasteiger partial charge is 1.00 e. The van der Waals surface area contributed by atoms with Gasteiger partial charge in [-0.15, -0.1) is 0 Å². The van der Waals surface area contributed by atoms with Crippen LogP contribution in [-0.4, -0.2) is 81.0 Å². The maximum absolute atomic E-state index is 12.1. The van der Waals surface area contributed by atoms with E-state index in [1.54, 1.807) is 0 Å². The van der Waals surface area contributed by atoms with E-state index >= 15 is 0 Å². The number of halogens is 1. The number of rotatable bonds is 4. The average Bonchev–Trinajstić information content (AvgIpc) is 2.55. The van der Waals surface area contributed by atoms with Crippen molar-refractivity contribution in [1.82, 2.24) is 4.90 Å². The minimum Gasteiger partial charge on any atom is -1.00 e. The third-order valence-electron chi connectivity index (χ3n) is 5.93. The highest BCUT2D eigenvalue weighted by Crippen LogP contribution is 2.36. The molecule has 3 fully saturated rings. The topological polar surface area (TPSA) is 38.8 Å². The Morgan fingerprint density at radius 1 is 1.17 bits per heavy atom. The van der Waals surface area contributed by atoms with Gasteiger partial charge < -0.3 is 42.8 Å². The van der Waals surface area contributed by atoms with Crippen molar-refractivity contribution in [2.45, 2.75) is 38.1 Å². The summed E-state index contributed by atoms with van der Waals surface area (Å²) in [6.45, 7) is 6.40. The number of ether oxygens (including phenoxy) is 2. The second kappa shape index (κ2) is 8.97. The molecule has 3 saturated heterocycles. The Morgan fingerprint density at radius 2 is 1.91 bits per heavy atom. The van der Waals surface area contributed by atoms with E-state index in [1.165, 1.54) is 49.7 Å². The summed E-state index contributed by atoms with van der Waals surface area (Å²) in [5, 5.41) is 0. The summed E-state index contributed by atoms with van der Waals surface area (Å²) in [5.74, 6) is 0.761. The molecule has 3 atom stereocenters. The number of hydrogen-bond acceptors (Lipinski definition) is 3. The molecule has 3 aliphatic rings. The molecule has 6 heteroatoms. The Kier molecular flexibility index (Phi) is 7.56. The highest BCUT2D eigenvalue weighted by Gasteiger charge is 2.43. The van der Waals surface area contributed by atoms with Gasteiger partial charge in [-0.25, -0.2) is 0 Å². The van der Waals surface area contributed by atoms with Gasteiger partial charge in [0.05, 0.1) is 46.0 Å². The molecule has 0 aromatic rings. The summed E-state index contributed by atoms with van der Waals surface area (Å²) in [4.78, 5) is 14.0. The van der Waals surface area contributed by atoms with Crippen molar-refractivity contribution in [2.24, 2.45) is 5.92 Å². The average molecular weight is 438 g/mol. The molecular formula is C17H31IN2O3. The Morgan fingerprint density at radius 3 is 2.70 bits per heavy atom. The molecule has 0 radical (unpaired) electrons. The fourth-order valence-electron chi connectivity index (χ4n) is 4.63. The minimum absolute atomic E-state index is 0. The summed E-state index contributed by atoms with van der Waals surface area (Å²) in [5.41, 5.74) is 0. The molecular weight excluding hydrogens is 407 g/mol. The maximum Gasteiger partial charge on any atom is 0.248 e. The summed E-state index contributed by atoms with van der Waals surface area (Å²) in [7, 11) is 2.43. The molecule has 3 heterocycles. The molecule has 134 valence electrons. The van der Waals surface area contributed by atoms with E-state index in [0.29, 0.717) is 32.2 Å². The predicted molar refractivity (Wildman–Crippen MR) is 84.5 cm³/mol. The van der Waals surface area contributed by atoms with Gasteiger partial charge in [0.1, 0.15) is 6.61 Å². The molecule has 3 rings (SSSR count). The molecule has 0 N–H and O–H groups in total. The number of hydrogen-bond donors (Lipinski definition) is 0. The van der Waals surface area contributed by atoms with E-state index < -0.39 is 0 Å². The summed E-state index contributed by atoms with van der Waals surface area (Å²) >= 11 is 0. The fraction of sp³-hybridized carbons (Fsp3) is 0.941. The van der Waals surface area contributed by atoms with Crippen LogP contribution in [0.3, 0.4) is 0 Å². The van der Waals surface area contributed by atoms with Gasteiger partial charge in [-0.3, -0.25) is 4.79 Å². The van der Waals surface area contributed by atoms with Gasteiger partial charge in [-0.1, -0.05) is 0 Å². The number of morpholine rings is 1. The molecule has 5 nitrogen and oxygen atoms in total. The van der Waals surface area contributed by atoms with E-state index in [0.717, 1.165) is 12.6 Å². The lowest BCUT2D eigenvalue weighted by molar-refractivity contribution is -0.947. The second-order valence-electron chi connectivity index (χ2n) is 7.40. The van der Waals surface area contributed by atoms with Gasteiger partial charge in [0.15, 0.2) is 0 Å². The van der Waals surface area contributed by atoms with Crippen LogP contribution in [0.5, 0.6) is 0 Å². The fourth-order valence-corrected chi connectivity index (χ4v) is 4.63. The standard InChI is InChI=1S/C17H31N2O3.HI/c1-19-9-3-2-6-16(19)15(5-4-10-19)13-22-14-17(20)18-7-11-21-12-8-18;/h15-16H,2-14H2,1H3;1H/q+1;/p-1. The van der Waals surface area contributed by atoms with Gasteiger partial charge in [0.25, 0.3) is 0 Å². The van der Waals surface area contributed by atoms with Crippen LogP contribution in [0.2, 0.25) is 0 Å². The quantitative estimate of drug-likeness (QED) is 0.387. The van der Waals surface area contributed by atoms with Crippen molar-refractivity contribution in [2.75, 3.05) is 59.7 Å². The highest BCUT2D eigenvalue weighted by atomic mass is 127. The monoisotopic (exact) mass is 438 g/mol. The number of quaternary nitrogens is 1. The maximum atomic E-state index is 12.1. The van der Waals surface area contributed by atoms with E-state index in [9.17, 15) is 4.79 Å². The third kappa shape index (κ3) is 4.80. The molecule has 0 bridgehead atoms. The zero-order chi connectivity index (χ0) is 15.4. The van der Waals surface area contributed by atoms with E-state index in [1.807, 2.05) is 4.90 Å². The van der Waals surface area contributed by atoms with Crippen molar-refractivity contribution in [1.29, 1.82) is 0 Å². The Labute approximate surface area is 157 Å². The van der Waals surface area contributed by atoms with Crippen molar-refractivity contribution in [3.63, 3.8) is 0 Å². The van der Waals surface area contributed by atoms with Crippen LogP contribution in [0.1, 0.15) is 32.1 Å². The molecule has 1 amide bonds. The first-order valence-electron chi connectivity index (χ1n) is 8.96. The van der Waals surface area contributed by atoms with Crippen LogP contribution in [0.15, 0.2) is 0 Å². The molecule has 3 unspecified atom stereocenters. The molecule has 0 aromatic carbocycles. The van der Waals surface area contributed by atoms with Gasteiger partial charge >= 0.3 is 0 Å². The predicted octanol–water partition coefficient (Wildman–Crippen LogP) is -1.73. The molecule has 23 heavy (non-hydrogen) atoms. The van der Waals surface area contributed by atoms with Gasteiger partial charge in [0.2, 0.25) is 5.91 Å². The first kappa shape index (κ1) is 19.4. The minimum atomic E-state index is 0. The van der Waals surface area contributed by atoms with Crippen LogP contribution in [0.25, 0.3) is 0 Å². The van der Waals surface area contributed by atoms with Gasteiger partial charge in [-0.05, 0) is 25.7 Å². The zero-order valence-corrected chi connectivity index (χ0v) is 16.5. The summed E-state index contributed by atoms with van der Waals surface area (Å²) in [6, 6.07) is 0.751. The first-order valence-corrected chi connectivity index (χ1v) is 8.96. The van der Waals surface area contributed by atoms with E-state index in [4.69, 9.17) is 9.47 Å². The highest BCUT2D eigenvalue weighted by molar-refractivity contribution is 5.77. The van der Waals surface area contributed by atoms with Crippen LogP contribution in [0.4, 0.5) is 0 Å². The van der Waals surface area contributed by atoms with E-state index in [-0.39, 0.29) is 36.5 Å². The molecule has 3 aliphatic heterocycles. The van der Waals surface area contributed by atoms with Crippen molar-refractivity contribution < 1.29 is 42.7 Å². The Bertz CT molecular complexity index is 386. The molecule has 0 aliphatic carbocycles. The van der Waals surface area contributed by atoms with Crippen molar-refractivity contribution >= 4 is 5.91 Å². The SMILES string of the molecule is C[N+]12CCCCC1C(COCC(=O)N1CCOCC1)CCC2.[I-]. The number of piperidine rings is 2. The van der Waals surface area contributed by atoms with Crippen LogP contribution in [-0.2, 0) is 14.3 Å².